The lowest BCUT2D eigenvalue weighted by Crippen LogP contribution is -2.25. The first-order chi connectivity index (χ1) is 10.9. The summed E-state index contributed by atoms with van der Waals surface area (Å²) >= 11 is 0. The molecule has 3 heterocycles. The standard InChI is InChI=1S/C16H21FN6/c1-16(17)5-11-8-23(9-12(11)6-16)13-4-3-10(7-19-13)14-20-15(18)22(2)21-14/h3-4,7,11-12H,5-6,8-9H2,1-2H3,(H2,18,20,21). The number of nitrogens with zero attached hydrogens (tertiary/aromatic N) is 5. The number of nitrogen functional groups attached to an aromatic ring is 1. The Labute approximate surface area is 134 Å². The highest BCUT2D eigenvalue weighted by Crippen LogP contribution is 2.46. The topological polar surface area (TPSA) is 72.9 Å². The lowest BCUT2D eigenvalue weighted by Gasteiger charge is -2.21. The molecule has 1 aliphatic heterocycles. The van der Waals surface area contributed by atoms with Crippen LogP contribution in [-0.2, 0) is 7.05 Å². The normalized spacial score (nSPS) is 30.0. The van der Waals surface area contributed by atoms with E-state index in [4.69, 9.17) is 5.73 Å². The van der Waals surface area contributed by atoms with Crippen LogP contribution in [0.2, 0.25) is 0 Å². The summed E-state index contributed by atoms with van der Waals surface area (Å²) in [6.07, 6.45) is 3.12. The summed E-state index contributed by atoms with van der Waals surface area (Å²) in [7, 11) is 1.76. The number of fused-ring (bicyclic) bond motifs is 1. The highest BCUT2D eigenvalue weighted by Gasteiger charge is 2.47. The average Bonchev–Trinajstić information content (AvgIpc) is 3.10. The van der Waals surface area contributed by atoms with Gasteiger partial charge in [0.1, 0.15) is 11.5 Å². The van der Waals surface area contributed by atoms with Crippen LogP contribution in [0.15, 0.2) is 18.3 Å². The summed E-state index contributed by atoms with van der Waals surface area (Å²) in [5.41, 5.74) is 5.57. The number of aryl methyl sites for hydroxylation is 1. The van der Waals surface area contributed by atoms with Crippen molar-refractivity contribution in [3.63, 3.8) is 0 Å². The van der Waals surface area contributed by atoms with Gasteiger partial charge in [-0.25, -0.2) is 14.1 Å². The Hall–Kier alpha value is -2.18. The van der Waals surface area contributed by atoms with Gasteiger partial charge in [0.25, 0.3) is 0 Å². The minimum Gasteiger partial charge on any atom is -0.368 e. The van der Waals surface area contributed by atoms with E-state index in [0.29, 0.717) is 36.5 Å². The molecule has 2 N–H and O–H groups in total. The van der Waals surface area contributed by atoms with Gasteiger partial charge in [0.05, 0.1) is 0 Å². The molecule has 0 aromatic carbocycles. The zero-order valence-corrected chi connectivity index (χ0v) is 13.4. The summed E-state index contributed by atoms with van der Waals surface area (Å²) in [5, 5.41) is 4.26. The summed E-state index contributed by atoms with van der Waals surface area (Å²) in [6.45, 7) is 3.52. The third-order valence-electron chi connectivity index (χ3n) is 5.08. The summed E-state index contributed by atoms with van der Waals surface area (Å²) < 4.78 is 15.6. The van der Waals surface area contributed by atoms with Crippen molar-refractivity contribution in [1.29, 1.82) is 0 Å². The first-order valence-corrected chi connectivity index (χ1v) is 7.98. The molecule has 7 heteroatoms. The van der Waals surface area contributed by atoms with Crippen LogP contribution in [0.3, 0.4) is 0 Å². The quantitative estimate of drug-likeness (QED) is 0.918. The zero-order valence-electron chi connectivity index (χ0n) is 13.4. The van der Waals surface area contributed by atoms with Gasteiger partial charge in [-0.05, 0) is 43.7 Å². The number of aromatic nitrogens is 4. The van der Waals surface area contributed by atoms with Gasteiger partial charge >= 0.3 is 0 Å². The minimum absolute atomic E-state index is 0.380. The molecule has 2 unspecified atom stereocenters. The molecule has 6 nitrogen and oxygen atoms in total. The van der Waals surface area contributed by atoms with E-state index in [9.17, 15) is 4.39 Å². The average molecular weight is 316 g/mol. The maximum Gasteiger partial charge on any atom is 0.218 e. The van der Waals surface area contributed by atoms with Crippen molar-refractivity contribution >= 4 is 11.8 Å². The molecule has 2 fully saturated rings. The van der Waals surface area contributed by atoms with Crippen LogP contribution >= 0.6 is 0 Å². The predicted octanol–water partition coefficient (Wildman–Crippen LogP) is 2.03. The van der Waals surface area contributed by atoms with Crippen molar-refractivity contribution in [1.82, 2.24) is 19.7 Å². The van der Waals surface area contributed by atoms with Crippen LogP contribution in [0.25, 0.3) is 11.4 Å². The molecule has 2 atom stereocenters. The lowest BCUT2D eigenvalue weighted by molar-refractivity contribution is 0.187. The molecule has 1 aliphatic carbocycles. The number of nitrogens with two attached hydrogens (primary N) is 1. The number of anilines is 2. The van der Waals surface area contributed by atoms with Crippen molar-refractivity contribution in [3.05, 3.63) is 18.3 Å². The number of halogens is 1. The van der Waals surface area contributed by atoms with Gasteiger partial charge in [-0.1, -0.05) is 0 Å². The minimum atomic E-state index is -0.983. The molecule has 2 aromatic heterocycles. The Morgan fingerprint density at radius 1 is 1.26 bits per heavy atom. The number of rotatable bonds is 2. The van der Waals surface area contributed by atoms with Crippen LogP contribution in [0.4, 0.5) is 16.2 Å². The monoisotopic (exact) mass is 316 g/mol. The fraction of sp³-hybridized carbons (Fsp3) is 0.562. The molecule has 2 aliphatic rings. The Bertz CT molecular complexity index is 687. The first kappa shape index (κ1) is 14.4. The van der Waals surface area contributed by atoms with Gasteiger partial charge in [0.15, 0.2) is 5.82 Å². The number of hydrogen-bond acceptors (Lipinski definition) is 5. The largest absolute Gasteiger partial charge is 0.368 e. The van der Waals surface area contributed by atoms with E-state index in [-0.39, 0.29) is 0 Å². The van der Waals surface area contributed by atoms with Crippen molar-refractivity contribution in [3.8, 4) is 11.4 Å². The summed E-state index contributed by atoms with van der Waals surface area (Å²) in [5.74, 6) is 2.79. The van der Waals surface area contributed by atoms with Crippen molar-refractivity contribution in [2.45, 2.75) is 25.4 Å². The van der Waals surface area contributed by atoms with Gasteiger partial charge < -0.3 is 10.6 Å². The molecule has 0 radical (unpaired) electrons. The molecule has 2 aromatic rings. The van der Waals surface area contributed by atoms with Crippen LogP contribution in [0.5, 0.6) is 0 Å². The third-order valence-corrected chi connectivity index (χ3v) is 5.08. The zero-order chi connectivity index (χ0) is 16.2. The number of pyridine rings is 1. The van der Waals surface area contributed by atoms with E-state index in [0.717, 1.165) is 24.5 Å². The van der Waals surface area contributed by atoms with E-state index in [1.807, 2.05) is 12.1 Å². The Kier molecular flexibility index (Phi) is 3.08. The maximum atomic E-state index is 14.1. The fourth-order valence-corrected chi connectivity index (χ4v) is 3.99. The molecule has 1 saturated carbocycles. The van der Waals surface area contributed by atoms with E-state index < -0.39 is 5.67 Å². The molecule has 4 rings (SSSR count). The van der Waals surface area contributed by atoms with Crippen molar-refractivity contribution < 1.29 is 4.39 Å². The van der Waals surface area contributed by atoms with Crippen LogP contribution in [-0.4, -0.2) is 38.5 Å². The SMILES string of the molecule is Cn1nc(-c2ccc(N3CC4CC(C)(F)CC4C3)nc2)nc1N. The van der Waals surface area contributed by atoms with E-state index in [2.05, 4.69) is 20.0 Å². The Morgan fingerprint density at radius 2 is 1.96 bits per heavy atom. The third kappa shape index (κ3) is 2.54. The van der Waals surface area contributed by atoms with Gasteiger partial charge in [0.2, 0.25) is 5.95 Å². The molecule has 23 heavy (non-hydrogen) atoms. The molecular weight excluding hydrogens is 295 g/mol. The Morgan fingerprint density at radius 3 is 2.48 bits per heavy atom. The second kappa shape index (κ2) is 4.91. The highest BCUT2D eigenvalue weighted by molar-refractivity contribution is 5.57. The van der Waals surface area contributed by atoms with Gasteiger partial charge in [0, 0.05) is 31.9 Å². The van der Waals surface area contributed by atoms with Crippen LogP contribution in [0.1, 0.15) is 19.8 Å². The first-order valence-electron chi connectivity index (χ1n) is 7.98. The smallest absolute Gasteiger partial charge is 0.218 e. The summed E-state index contributed by atoms with van der Waals surface area (Å²) in [4.78, 5) is 11.0. The van der Waals surface area contributed by atoms with E-state index in [1.54, 1.807) is 24.9 Å². The predicted molar refractivity (Wildman–Crippen MR) is 86.6 cm³/mol. The molecule has 0 bridgehead atoms. The van der Waals surface area contributed by atoms with Gasteiger partial charge in [-0.3, -0.25) is 0 Å². The second-order valence-electron chi connectivity index (χ2n) is 7.07. The molecule has 0 spiro atoms. The fourth-order valence-electron chi connectivity index (χ4n) is 3.99. The van der Waals surface area contributed by atoms with E-state index in [1.165, 1.54) is 0 Å². The van der Waals surface area contributed by atoms with Gasteiger partial charge in [-0.15, -0.1) is 5.10 Å². The lowest BCUT2D eigenvalue weighted by atomic mass is 10.0. The molecule has 0 amide bonds. The number of alkyl halides is 1. The maximum absolute atomic E-state index is 14.1. The Balaban J connectivity index is 1.49. The number of hydrogen-bond donors (Lipinski definition) is 1. The second-order valence-corrected chi connectivity index (χ2v) is 7.07. The van der Waals surface area contributed by atoms with Crippen molar-refractivity contribution in [2.75, 3.05) is 23.7 Å². The molecular formula is C16H21FN6. The van der Waals surface area contributed by atoms with Crippen LogP contribution in [0, 0.1) is 11.8 Å². The van der Waals surface area contributed by atoms with Crippen LogP contribution < -0.4 is 10.6 Å². The molecule has 122 valence electrons. The highest BCUT2D eigenvalue weighted by atomic mass is 19.1. The van der Waals surface area contributed by atoms with E-state index >= 15 is 0 Å². The van der Waals surface area contributed by atoms with Gasteiger partial charge in [-0.2, -0.15) is 4.98 Å². The summed E-state index contributed by atoms with van der Waals surface area (Å²) in [6, 6.07) is 3.95. The molecule has 1 saturated heterocycles. The van der Waals surface area contributed by atoms with Crippen molar-refractivity contribution in [2.24, 2.45) is 18.9 Å².